The van der Waals surface area contributed by atoms with Crippen LogP contribution in [-0.2, 0) is 0 Å². The molecule has 1 aliphatic rings. The molecule has 0 unspecified atom stereocenters. The fourth-order valence-corrected chi connectivity index (χ4v) is 0.609. The van der Waals surface area contributed by atoms with Crippen LogP contribution in [-0.4, -0.2) is 0 Å². The summed E-state index contributed by atoms with van der Waals surface area (Å²) in [6, 6.07) is 0. The van der Waals surface area contributed by atoms with Gasteiger partial charge in [-0.15, -0.1) is 0 Å². The Morgan fingerprint density at radius 2 is 2.12 bits per heavy atom. The molecule has 0 atom stereocenters. The highest BCUT2D eigenvalue weighted by Gasteiger charge is 1.74. The molecule has 1 rings (SSSR count). The van der Waals surface area contributed by atoms with Crippen LogP contribution in [0.15, 0.2) is 30.4 Å². The molecule has 41 valence electrons. The van der Waals surface area contributed by atoms with E-state index in [1.165, 1.54) is 0 Å². The second-order valence-electron chi connectivity index (χ2n) is 1.71. The molecule has 0 heteroatoms. The second kappa shape index (κ2) is 3.25. The van der Waals surface area contributed by atoms with E-state index in [4.69, 9.17) is 0 Å². The highest BCUT2D eigenvalue weighted by Crippen LogP contribution is 1.94. The molecule has 1 radical (unpaired) electrons. The number of hydrogen-bond acceptors (Lipinski definition) is 0. The van der Waals surface area contributed by atoms with Crippen LogP contribution in [0.3, 0.4) is 0 Å². The van der Waals surface area contributed by atoms with Crippen molar-refractivity contribution in [1.82, 2.24) is 0 Å². The van der Waals surface area contributed by atoms with Crippen LogP contribution in [0.1, 0.15) is 12.8 Å². The first-order valence-corrected chi connectivity index (χ1v) is 2.87. The predicted molar refractivity (Wildman–Crippen MR) is 35.3 cm³/mol. The van der Waals surface area contributed by atoms with Crippen molar-refractivity contribution in [2.24, 2.45) is 0 Å². The molecule has 0 amide bonds. The van der Waals surface area contributed by atoms with Crippen LogP contribution in [0, 0.1) is 6.08 Å². The molecular weight excluding hydrogens is 96.1 g/mol. The summed E-state index contributed by atoms with van der Waals surface area (Å²) < 4.78 is 0. The molecule has 0 spiro atoms. The fourth-order valence-electron chi connectivity index (χ4n) is 0.609. The maximum atomic E-state index is 3.09. The summed E-state index contributed by atoms with van der Waals surface area (Å²) in [6.07, 6.45) is 15.5. The molecule has 0 aromatic heterocycles. The van der Waals surface area contributed by atoms with Gasteiger partial charge in [0.1, 0.15) is 0 Å². The Kier molecular flexibility index (Phi) is 2.18. The summed E-state index contributed by atoms with van der Waals surface area (Å²) in [5.74, 6) is 0. The lowest BCUT2D eigenvalue weighted by molar-refractivity contribution is 1.26. The van der Waals surface area contributed by atoms with Crippen LogP contribution in [0.5, 0.6) is 0 Å². The molecule has 0 nitrogen and oxygen atoms in total. The summed E-state index contributed by atoms with van der Waals surface area (Å²) in [4.78, 5) is 0. The van der Waals surface area contributed by atoms with Crippen LogP contribution in [0.25, 0.3) is 0 Å². The minimum atomic E-state index is 0.963. The Morgan fingerprint density at radius 1 is 1.12 bits per heavy atom. The number of hydrogen-bond donors (Lipinski definition) is 0. The molecule has 0 aliphatic heterocycles. The van der Waals surface area contributed by atoms with Gasteiger partial charge < -0.3 is 0 Å². The third-order valence-electron chi connectivity index (χ3n) is 1.02. The van der Waals surface area contributed by atoms with Gasteiger partial charge in [0.25, 0.3) is 0 Å². The molecule has 0 aromatic carbocycles. The zero-order valence-corrected chi connectivity index (χ0v) is 4.80. The normalized spacial score (nSPS) is 30.0. The average Bonchev–Trinajstić information content (AvgIpc) is 1.62. The molecule has 8 heavy (non-hydrogen) atoms. The van der Waals surface area contributed by atoms with Crippen LogP contribution < -0.4 is 0 Å². The molecule has 0 fully saturated rings. The van der Waals surface area contributed by atoms with Gasteiger partial charge in [0.05, 0.1) is 0 Å². The lowest BCUT2D eigenvalue weighted by atomic mass is 10.2. The zero-order chi connectivity index (χ0) is 5.66. The van der Waals surface area contributed by atoms with E-state index in [-0.39, 0.29) is 0 Å². The Labute approximate surface area is 50.2 Å². The van der Waals surface area contributed by atoms with Crippen LogP contribution in [0.4, 0.5) is 0 Å². The summed E-state index contributed by atoms with van der Waals surface area (Å²) >= 11 is 0. The van der Waals surface area contributed by atoms with Crippen LogP contribution in [0.2, 0.25) is 0 Å². The van der Waals surface area contributed by atoms with E-state index in [9.17, 15) is 0 Å². The SMILES string of the molecule is [C]1=C\C=C/C/C=C\C/1. The monoisotopic (exact) mass is 105 g/mol. The molecule has 0 heterocycles. The lowest BCUT2D eigenvalue weighted by Crippen LogP contribution is -1.65. The quantitative estimate of drug-likeness (QED) is 0.414. The Morgan fingerprint density at radius 3 is 3.12 bits per heavy atom. The standard InChI is InChI=1S/C8H9/c1-2-4-6-8-7-5-3-1/h1-3,6,8H,4,7H2/b2-1-,5-3?,8-6-. The van der Waals surface area contributed by atoms with Crippen LogP contribution >= 0.6 is 0 Å². The van der Waals surface area contributed by atoms with Gasteiger partial charge in [0.15, 0.2) is 0 Å². The maximum Gasteiger partial charge on any atom is -0.00945 e. The smallest absolute Gasteiger partial charge is 0.00945 e. The summed E-state index contributed by atoms with van der Waals surface area (Å²) in [5, 5.41) is 0. The van der Waals surface area contributed by atoms with E-state index in [1.807, 2.05) is 12.2 Å². The summed E-state index contributed by atoms with van der Waals surface area (Å²) in [7, 11) is 0. The van der Waals surface area contributed by atoms with Crippen molar-refractivity contribution in [1.29, 1.82) is 0 Å². The Bertz CT molecular complexity index is 111. The van der Waals surface area contributed by atoms with Gasteiger partial charge in [-0.25, -0.2) is 0 Å². The van der Waals surface area contributed by atoms with Gasteiger partial charge in [-0.1, -0.05) is 30.4 Å². The lowest BCUT2D eigenvalue weighted by Gasteiger charge is -1.84. The third-order valence-corrected chi connectivity index (χ3v) is 1.02. The molecule has 0 saturated heterocycles. The Hall–Kier alpha value is -0.780. The highest BCUT2D eigenvalue weighted by molar-refractivity contribution is 5.06. The molecule has 0 N–H and O–H groups in total. The van der Waals surface area contributed by atoms with Gasteiger partial charge in [0, 0.05) is 0 Å². The predicted octanol–water partition coefficient (Wildman–Crippen LogP) is 2.25. The van der Waals surface area contributed by atoms with Gasteiger partial charge in [-0.3, -0.25) is 0 Å². The number of rotatable bonds is 0. The minimum absolute atomic E-state index is 0.963. The van der Waals surface area contributed by atoms with E-state index in [2.05, 4.69) is 24.3 Å². The molecule has 0 aromatic rings. The van der Waals surface area contributed by atoms with Crippen molar-refractivity contribution in [3.63, 3.8) is 0 Å². The van der Waals surface area contributed by atoms with Gasteiger partial charge in [0.2, 0.25) is 0 Å². The topological polar surface area (TPSA) is 0 Å². The fraction of sp³-hybridized carbons (Fsp3) is 0.250. The molecule has 0 saturated carbocycles. The summed E-state index contributed by atoms with van der Waals surface area (Å²) in [6.45, 7) is 0. The largest absolute Gasteiger partial charge is 0.0844 e. The first-order chi connectivity index (χ1) is 4.00. The third kappa shape index (κ3) is 1.78. The molecular formula is C8H9. The minimum Gasteiger partial charge on any atom is -0.0844 e. The van der Waals surface area contributed by atoms with Crippen molar-refractivity contribution in [2.45, 2.75) is 12.8 Å². The van der Waals surface area contributed by atoms with E-state index in [1.54, 1.807) is 0 Å². The van der Waals surface area contributed by atoms with Gasteiger partial charge >= 0.3 is 0 Å². The van der Waals surface area contributed by atoms with E-state index in [0.717, 1.165) is 12.8 Å². The number of allylic oxidation sites excluding steroid dienone is 6. The van der Waals surface area contributed by atoms with E-state index >= 15 is 0 Å². The maximum absolute atomic E-state index is 3.09. The first-order valence-electron chi connectivity index (χ1n) is 2.87. The van der Waals surface area contributed by atoms with Crippen molar-refractivity contribution in [2.75, 3.05) is 0 Å². The van der Waals surface area contributed by atoms with E-state index in [0.29, 0.717) is 0 Å². The second-order valence-corrected chi connectivity index (χ2v) is 1.71. The molecule has 1 aliphatic carbocycles. The van der Waals surface area contributed by atoms with Crippen molar-refractivity contribution >= 4 is 0 Å². The van der Waals surface area contributed by atoms with Gasteiger partial charge in [-0.05, 0) is 18.9 Å². The van der Waals surface area contributed by atoms with Crippen molar-refractivity contribution in [3.8, 4) is 0 Å². The summed E-state index contributed by atoms with van der Waals surface area (Å²) in [5.41, 5.74) is 0. The Balaban J connectivity index is 2.51. The highest BCUT2D eigenvalue weighted by atomic mass is 13.8. The van der Waals surface area contributed by atoms with E-state index < -0.39 is 0 Å². The zero-order valence-electron chi connectivity index (χ0n) is 4.80. The van der Waals surface area contributed by atoms with Crippen molar-refractivity contribution < 1.29 is 0 Å². The average molecular weight is 105 g/mol. The van der Waals surface area contributed by atoms with Crippen molar-refractivity contribution in [3.05, 3.63) is 36.5 Å². The molecule has 0 bridgehead atoms. The van der Waals surface area contributed by atoms with Gasteiger partial charge in [-0.2, -0.15) is 0 Å². The first kappa shape index (κ1) is 5.36.